The zero-order valence-electron chi connectivity index (χ0n) is 17.3. The van der Waals surface area contributed by atoms with E-state index in [2.05, 4.69) is 24.4 Å². The molecule has 0 aliphatic carbocycles. The second-order valence-corrected chi connectivity index (χ2v) is 7.42. The van der Waals surface area contributed by atoms with E-state index >= 15 is 0 Å². The van der Waals surface area contributed by atoms with E-state index in [0.29, 0.717) is 19.6 Å². The average molecular weight is 412 g/mol. The largest absolute Gasteiger partial charge is 0.478 e. The summed E-state index contributed by atoms with van der Waals surface area (Å²) in [4.78, 5) is 12.8. The molecule has 0 amide bonds. The summed E-state index contributed by atoms with van der Waals surface area (Å²) in [6.07, 6.45) is 0. The van der Waals surface area contributed by atoms with Gasteiger partial charge >= 0.3 is 5.97 Å². The minimum atomic E-state index is -0.919. The number of hydrogen-bond donors (Lipinski definition) is 2. The van der Waals surface area contributed by atoms with E-state index in [9.17, 15) is 4.79 Å². The van der Waals surface area contributed by atoms with Crippen LogP contribution in [0.3, 0.4) is 0 Å². The molecule has 3 aromatic carbocycles. The highest BCUT2D eigenvalue weighted by Gasteiger charge is 2.14. The van der Waals surface area contributed by atoms with Gasteiger partial charge in [-0.15, -0.1) is 0 Å². The molecule has 4 rings (SSSR count). The lowest BCUT2D eigenvalue weighted by atomic mass is 10.1. The van der Waals surface area contributed by atoms with Crippen LogP contribution < -0.4 is 5.32 Å². The van der Waals surface area contributed by atoms with E-state index in [-0.39, 0.29) is 5.56 Å². The molecule has 0 saturated heterocycles. The van der Waals surface area contributed by atoms with Crippen LogP contribution in [0.15, 0.2) is 78.9 Å². The number of carbonyl (C=O) groups is 1. The molecule has 6 nitrogen and oxygen atoms in total. The third kappa shape index (κ3) is 5.05. The number of benzene rings is 3. The van der Waals surface area contributed by atoms with Crippen molar-refractivity contribution in [2.45, 2.75) is 26.6 Å². The summed E-state index contributed by atoms with van der Waals surface area (Å²) < 4.78 is 0. The molecule has 0 unspecified atom stereocenters. The summed E-state index contributed by atoms with van der Waals surface area (Å²) in [6.45, 7) is 3.87. The van der Waals surface area contributed by atoms with Crippen LogP contribution in [-0.2, 0) is 19.6 Å². The first-order valence-electron chi connectivity index (χ1n) is 10.2. The van der Waals surface area contributed by atoms with Gasteiger partial charge in [-0.3, -0.25) is 0 Å². The molecule has 4 aromatic rings. The summed E-state index contributed by atoms with van der Waals surface area (Å²) in [6, 6.07) is 25.2. The molecule has 6 heteroatoms. The fourth-order valence-corrected chi connectivity index (χ4v) is 3.42. The Balaban J connectivity index is 1.52. The van der Waals surface area contributed by atoms with Gasteiger partial charge in [-0.2, -0.15) is 15.0 Å². The molecule has 1 aromatic heterocycles. The highest BCUT2D eigenvalue weighted by atomic mass is 16.4. The number of carboxylic acids is 1. The molecule has 0 radical (unpaired) electrons. The van der Waals surface area contributed by atoms with E-state index in [4.69, 9.17) is 15.3 Å². The number of carboxylic acid groups (broad SMARTS) is 1. The molecular weight excluding hydrogens is 388 g/mol. The molecule has 0 bridgehead atoms. The van der Waals surface area contributed by atoms with E-state index in [0.717, 1.165) is 22.5 Å². The number of aromatic nitrogens is 3. The van der Waals surface area contributed by atoms with Crippen molar-refractivity contribution in [3.8, 4) is 11.3 Å². The maximum absolute atomic E-state index is 11.0. The number of nitrogens with one attached hydrogen (secondary N) is 1. The maximum Gasteiger partial charge on any atom is 0.335 e. The Morgan fingerprint density at radius 2 is 1.61 bits per heavy atom. The molecule has 31 heavy (non-hydrogen) atoms. The molecule has 156 valence electrons. The van der Waals surface area contributed by atoms with Gasteiger partial charge in [0.25, 0.3) is 0 Å². The quantitative estimate of drug-likeness (QED) is 0.451. The van der Waals surface area contributed by atoms with Crippen LogP contribution in [0.5, 0.6) is 0 Å². The number of aryl methyl sites for hydroxylation is 1. The monoisotopic (exact) mass is 412 g/mol. The normalized spacial score (nSPS) is 10.9. The predicted octanol–water partition coefficient (Wildman–Crippen LogP) is 4.29. The van der Waals surface area contributed by atoms with Crippen LogP contribution >= 0.6 is 0 Å². The van der Waals surface area contributed by atoms with Crippen LogP contribution in [-0.4, -0.2) is 26.1 Å². The standard InChI is InChI=1S/C25H24N4O2/c1-18-7-5-6-10-22(18)17-29-27-23(24(28-29)20-8-3-2-4-9-20)16-26-15-19-11-13-21(14-12-19)25(30)31/h2-14,26H,15-17H2,1H3,(H,30,31). The number of nitrogens with zero attached hydrogens (tertiary/aromatic N) is 3. The van der Waals surface area contributed by atoms with Gasteiger partial charge in [0.05, 0.1) is 12.1 Å². The maximum atomic E-state index is 11.0. The van der Waals surface area contributed by atoms with Crippen LogP contribution in [0.1, 0.15) is 32.7 Å². The predicted molar refractivity (Wildman–Crippen MR) is 120 cm³/mol. The molecule has 0 spiro atoms. The summed E-state index contributed by atoms with van der Waals surface area (Å²) in [5, 5.41) is 22.0. The number of hydrogen-bond acceptors (Lipinski definition) is 4. The molecule has 0 aliphatic heterocycles. The topological polar surface area (TPSA) is 80.0 Å². The second kappa shape index (κ2) is 9.36. The lowest BCUT2D eigenvalue weighted by Gasteiger charge is -2.05. The van der Waals surface area contributed by atoms with Gasteiger partial charge in [0.15, 0.2) is 0 Å². The summed E-state index contributed by atoms with van der Waals surface area (Å²) in [5.41, 5.74) is 6.47. The van der Waals surface area contributed by atoms with Crippen molar-refractivity contribution in [3.63, 3.8) is 0 Å². The van der Waals surface area contributed by atoms with Crippen molar-refractivity contribution in [2.24, 2.45) is 0 Å². The molecular formula is C25H24N4O2. The van der Waals surface area contributed by atoms with Gasteiger partial charge in [0.1, 0.15) is 11.4 Å². The van der Waals surface area contributed by atoms with Gasteiger partial charge in [0, 0.05) is 18.7 Å². The molecule has 0 atom stereocenters. The first-order valence-corrected chi connectivity index (χ1v) is 10.2. The van der Waals surface area contributed by atoms with Crippen molar-refractivity contribution < 1.29 is 9.90 Å². The molecule has 2 N–H and O–H groups in total. The molecule has 1 heterocycles. The highest BCUT2D eigenvalue weighted by Crippen LogP contribution is 2.21. The van der Waals surface area contributed by atoms with E-state index in [1.807, 2.05) is 54.6 Å². The van der Waals surface area contributed by atoms with Gasteiger partial charge < -0.3 is 10.4 Å². The van der Waals surface area contributed by atoms with E-state index in [1.165, 1.54) is 11.1 Å². The van der Waals surface area contributed by atoms with Crippen molar-refractivity contribution >= 4 is 5.97 Å². The number of aromatic carboxylic acids is 1. The van der Waals surface area contributed by atoms with Crippen molar-refractivity contribution in [3.05, 3.63) is 107 Å². The minimum absolute atomic E-state index is 0.286. The first-order chi connectivity index (χ1) is 15.1. The van der Waals surface area contributed by atoms with Crippen LogP contribution in [0.2, 0.25) is 0 Å². The van der Waals surface area contributed by atoms with Gasteiger partial charge in [-0.05, 0) is 35.7 Å². The lowest BCUT2D eigenvalue weighted by molar-refractivity contribution is 0.0697. The Hall–Kier alpha value is -3.77. The SMILES string of the molecule is Cc1ccccc1Cn1nc(CNCc2ccc(C(=O)O)cc2)c(-c2ccccc2)n1. The summed E-state index contributed by atoms with van der Waals surface area (Å²) in [5.74, 6) is -0.919. The first kappa shape index (κ1) is 20.5. The van der Waals surface area contributed by atoms with Gasteiger partial charge in [-0.1, -0.05) is 66.7 Å². The number of rotatable bonds is 8. The Morgan fingerprint density at radius 3 is 2.32 bits per heavy atom. The minimum Gasteiger partial charge on any atom is -0.478 e. The summed E-state index contributed by atoms with van der Waals surface area (Å²) >= 11 is 0. The zero-order chi connectivity index (χ0) is 21.6. The Labute approximate surface area is 181 Å². The van der Waals surface area contributed by atoms with Crippen molar-refractivity contribution in [1.29, 1.82) is 0 Å². The molecule has 0 saturated carbocycles. The molecule has 0 fully saturated rings. The second-order valence-electron chi connectivity index (χ2n) is 7.42. The van der Waals surface area contributed by atoms with Gasteiger partial charge in [0.2, 0.25) is 0 Å². The fraction of sp³-hybridized carbons (Fsp3) is 0.160. The van der Waals surface area contributed by atoms with Crippen LogP contribution in [0.25, 0.3) is 11.3 Å². The van der Waals surface area contributed by atoms with Gasteiger partial charge in [-0.25, -0.2) is 4.79 Å². The lowest BCUT2D eigenvalue weighted by Crippen LogP contribution is -2.14. The van der Waals surface area contributed by atoms with Crippen molar-refractivity contribution in [2.75, 3.05) is 0 Å². The Bertz CT molecular complexity index is 1170. The average Bonchev–Trinajstić information content (AvgIpc) is 3.19. The van der Waals surface area contributed by atoms with E-state index < -0.39 is 5.97 Å². The third-order valence-corrected chi connectivity index (χ3v) is 5.17. The third-order valence-electron chi connectivity index (χ3n) is 5.17. The fourth-order valence-electron chi connectivity index (χ4n) is 3.42. The van der Waals surface area contributed by atoms with Crippen LogP contribution in [0.4, 0.5) is 0 Å². The van der Waals surface area contributed by atoms with E-state index in [1.54, 1.807) is 16.9 Å². The Kier molecular flexibility index (Phi) is 6.19. The van der Waals surface area contributed by atoms with Crippen LogP contribution in [0, 0.1) is 6.92 Å². The zero-order valence-corrected chi connectivity index (χ0v) is 17.3. The van der Waals surface area contributed by atoms with Crippen molar-refractivity contribution in [1.82, 2.24) is 20.3 Å². The molecule has 0 aliphatic rings. The smallest absolute Gasteiger partial charge is 0.335 e. The summed E-state index contributed by atoms with van der Waals surface area (Å²) in [7, 11) is 0. The highest BCUT2D eigenvalue weighted by molar-refractivity contribution is 5.87. The Morgan fingerprint density at radius 1 is 0.903 bits per heavy atom.